The van der Waals surface area contributed by atoms with Gasteiger partial charge in [0.25, 0.3) is 0 Å². The summed E-state index contributed by atoms with van der Waals surface area (Å²) in [6.45, 7) is 5.75. The molecule has 104 valence electrons. The Bertz CT molecular complexity index is 305. The fraction of sp³-hybridized carbons (Fsp3) is 0.727. The van der Waals surface area contributed by atoms with E-state index in [4.69, 9.17) is 5.11 Å². The summed E-state index contributed by atoms with van der Waals surface area (Å²) >= 11 is 0. The molecule has 0 aromatic heterocycles. The topological polar surface area (TPSA) is 108 Å². The summed E-state index contributed by atoms with van der Waals surface area (Å²) in [5, 5.41) is 15.7. The Hall–Kier alpha value is -1.63. The van der Waals surface area contributed by atoms with Crippen molar-refractivity contribution in [2.75, 3.05) is 13.1 Å². The lowest BCUT2D eigenvalue weighted by Crippen LogP contribution is -2.46. The van der Waals surface area contributed by atoms with Crippen molar-refractivity contribution in [3.05, 3.63) is 0 Å². The lowest BCUT2D eigenvalue weighted by atomic mass is 10.1. The van der Waals surface area contributed by atoms with Gasteiger partial charge >= 0.3 is 12.0 Å². The first-order chi connectivity index (χ1) is 8.32. The Morgan fingerprint density at radius 1 is 1.17 bits per heavy atom. The molecule has 7 heteroatoms. The number of imide groups is 1. The molecule has 0 aliphatic rings. The number of aliphatic carboxylic acids is 1. The first kappa shape index (κ1) is 16.4. The molecular formula is C11H21N3O4. The van der Waals surface area contributed by atoms with Crippen LogP contribution in [0.4, 0.5) is 4.79 Å². The van der Waals surface area contributed by atoms with Gasteiger partial charge in [-0.25, -0.2) is 4.79 Å². The fourth-order valence-corrected chi connectivity index (χ4v) is 1.02. The Kier molecular flexibility index (Phi) is 7.69. The quantitative estimate of drug-likeness (QED) is 0.511. The summed E-state index contributed by atoms with van der Waals surface area (Å²) in [5.74, 6) is -1.14. The van der Waals surface area contributed by atoms with Gasteiger partial charge in [-0.1, -0.05) is 13.8 Å². The third-order valence-electron chi connectivity index (χ3n) is 2.20. The molecule has 0 rings (SSSR count). The van der Waals surface area contributed by atoms with Gasteiger partial charge in [0.2, 0.25) is 5.91 Å². The standard InChI is InChI=1S/C11H21N3O4/c1-7(2)4-5-12-11(18)14-9(15)6-13-8(3)10(16)17/h7-8,13H,4-6H2,1-3H3,(H,16,17)(H2,12,14,15,18)/t8-/m0/s1. The molecule has 18 heavy (non-hydrogen) atoms. The van der Waals surface area contributed by atoms with Gasteiger partial charge in [0, 0.05) is 6.54 Å². The molecule has 0 aromatic rings. The second-order valence-electron chi connectivity index (χ2n) is 4.43. The second-order valence-corrected chi connectivity index (χ2v) is 4.43. The molecule has 0 aromatic carbocycles. The molecule has 0 fully saturated rings. The molecule has 0 radical (unpaired) electrons. The zero-order chi connectivity index (χ0) is 14.1. The average Bonchev–Trinajstić information content (AvgIpc) is 2.24. The summed E-state index contributed by atoms with van der Waals surface area (Å²) < 4.78 is 0. The van der Waals surface area contributed by atoms with Crippen LogP contribution in [0.25, 0.3) is 0 Å². The van der Waals surface area contributed by atoms with E-state index in [9.17, 15) is 14.4 Å². The molecule has 1 atom stereocenters. The summed E-state index contributed by atoms with van der Waals surface area (Å²) in [6.07, 6.45) is 0.829. The van der Waals surface area contributed by atoms with Gasteiger partial charge in [-0.3, -0.25) is 20.2 Å². The van der Waals surface area contributed by atoms with Crippen molar-refractivity contribution < 1.29 is 19.5 Å². The smallest absolute Gasteiger partial charge is 0.321 e. The Balaban J connectivity index is 3.74. The minimum absolute atomic E-state index is 0.217. The highest BCUT2D eigenvalue weighted by atomic mass is 16.4. The highest BCUT2D eigenvalue weighted by Crippen LogP contribution is 1.95. The largest absolute Gasteiger partial charge is 0.480 e. The molecule has 0 saturated carbocycles. The van der Waals surface area contributed by atoms with Gasteiger partial charge in [0.15, 0.2) is 0 Å². The molecule has 0 unspecified atom stereocenters. The zero-order valence-electron chi connectivity index (χ0n) is 10.9. The van der Waals surface area contributed by atoms with Crippen molar-refractivity contribution in [1.29, 1.82) is 0 Å². The van der Waals surface area contributed by atoms with Crippen LogP contribution in [0.5, 0.6) is 0 Å². The van der Waals surface area contributed by atoms with Crippen LogP contribution in [0, 0.1) is 5.92 Å². The van der Waals surface area contributed by atoms with E-state index in [-0.39, 0.29) is 6.54 Å². The number of carbonyl (C=O) groups excluding carboxylic acids is 2. The van der Waals surface area contributed by atoms with E-state index < -0.39 is 23.9 Å². The molecule has 4 N–H and O–H groups in total. The zero-order valence-corrected chi connectivity index (χ0v) is 10.9. The van der Waals surface area contributed by atoms with Crippen LogP contribution >= 0.6 is 0 Å². The van der Waals surface area contributed by atoms with Gasteiger partial charge in [-0.05, 0) is 19.3 Å². The maximum atomic E-state index is 11.3. The predicted molar refractivity (Wildman–Crippen MR) is 66.1 cm³/mol. The lowest BCUT2D eigenvalue weighted by molar-refractivity contribution is -0.139. The monoisotopic (exact) mass is 259 g/mol. The summed E-state index contributed by atoms with van der Waals surface area (Å²) in [4.78, 5) is 32.9. The van der Waals surface area contributed by atoms with E-state index in [0.29, 0.717) is 12.5 Å². The fourth-order valence-electron chi connectivity index (χ4n) is 1.02. The molecule has 0 bridgehead atoms. The molecule has 7 nitrogen and oxygen atoms in total. The molecule has 3 amide bonds. The van der Waals surface area contributed by atoms with Gasteiger partial charge in [-0.2, -0.15) is 0 Å². The number of carbonyl (C=O) groups is 3. The summed E-state index contributed by atoms with van der Waals surface area (Å²) in [5.41, 5.74) is 0. The third kappa shape index (κ3) is 8.51. The number of nitrogens with one attached hydrogen (secondary N) is 3. The number of carboxylic acid groups (broad SMARTS) is 1. The SMILES string of the molecule is CC(C)CCNC(=O)NC(=O)CN[C@@H](C)C(=O)O. The van der Waals surface area contributed by atoms with Crippen molar-refractivity contribution in [3.8, 4) is 0 Å². The average molecular weight is 259 g/mol. The maximum Gasteiger partial charge on any atom is 0.321 e. The Morgan fingerprint density at radius 2 is 1.78 bits per heavy atom. The lowest BCUT2D eigenvalue weighted by Gasteiger charge is -2.10. The van der Waals surface area contributed by atoms with Crippen LogP contribution in [-0.2, 0) is 9.59 Å². The molecule has 0 aliphatic heterocycles. The van der Waals surface area contributed by atoms with Crippen molar-refractivity contribution in [1.82, 2.24) is 16.0 Å². The summed E-state index contributed by atoms with van der Waals surface area (Å²) in [6, 6.07) is -1.40. The van der Waals surface area contributed by atoms with Crippen LogP contribution in [0.3, 0.4) is 0 Å². The third-order valence-corrected chi connectivity index (χ3v) is 2.20. The van der Waals surface area contributed by atoms with Crippen molar-refractivity contribution in [2.24, 2.45) is 5.92 Å². The van der Waals surface area contributed by atoms with Gasteiger partial charge in [0.05, 0.1) is 6.54 Å². The predicted octanol–water partition coefficient (Wildman–Crippen LogP) is -0.0790. The van der Waals surface area contributed by atoms with E-state index >= 15 is 0 Å². The Labute approximate surface area is 106 Å². The molecular weight excluding hydrogens is 238 g/mol. The van der Waals surface area contributed by atoms with Crippen LogP contribution in [0.2, 0.25) is 0 Å². The number of urea groups is 1. The molecule has 0 saturated heterocycles. The number of hydrogen-bond acceptors (Lipinski definition) is 4. The second kappa shape index (κ2) is 8.46. The summed E-state index contributed by atoms with van der Waals surface area (Å²) in [7, 11) is 0. The first-order valence-corrected chi connectivity index (χ1v) is 5.86. The van der Waals surface area contributed by atoms with E-state index in [1.54, 1.807) is 0 Å². The van der Waals surface area contributed by atoms with Crippen molar-refractivity contribution >= 4 is 17.9 Å². The minimum atomic E-state index is -1.05. The van der Waals surface area contributed by atoms with E-state index in [2.05, 4.69) is 16.0 Å². The van der Waals surface area contributed by atoms with Crippen molar-refractivity contribution in [3.63, 3.8) is 0 Å². The normalized spacial score (nSPS) is 12.0. The number of rotatable bonds is 7. The van der Waals surface area contributed by atoms with Gasteiger partial charge < -0.3 is 10.4 Å². The van der Waals surface area contributed by atoms with Gasteiger partial charge in [0.1, 0.15) is 6.04 Å². The maximum absolute atomic E-state index is 11.3. The van der Waals surface area contributed by atoms with Crippen LogP contribution in [-0.4, -0.2) is 42.1 Å². The van der Waals surface area contributed by atoms with Gasteiger partial charge in [-0.15, -0.1) is 0 Å². The van der Waals surface area contributed by atoms with Crippen LogP contribution in [0.15, 0.2) is 0 Å². The van der Waals surface area contributed by atoms with Crippen LogP contribution in [0.1, 0.15) is 27.2 Å². The Morgan fingerprint density at radius 3 is 2.28 bits per heavy atom. The van der Waals surface area contributed by atoms with E-state index in [0.717, 1.165) is 6.42 Å². The van der Waals surface area contributed by atoms with Crippen LogP contribution < -0.4 is 16.0 Å². The highest BCUT2D eigenvalue weighted by Gasteiger charge is 2.13. The first-order valence-electron chi connectivity index (χ1n) is 5.86. The molecule has 0 spiro atoms. The van der Waals surface area contributed by atoms with Crippen molar-refractivity contribution in [2.45, 2.75) is 33.2 Å². The number of amides is 3. The van der Waals surface area contributed by atoms with E-state index in [1.165, 1.54) is 6.92 Å². The number of carboxylic acids is 1. The molecule has 0 heterocycles. The highest BCUT2D eigenvalue weighted by molar-refractivity contribution is 5.95. The minimum Gasteiger partial charge on any atom is -0.480 e. The van der Waals surface area contributed by atoms with E-state index in [1.807, 2.05) is 13.8 Å². The number of hydrogen-bond donors (Lipinski definition) is 4. The molecule has 0 aliphatic carbocycles.